The van der Waals surface area contributed by atoms with Crippen molar-refractivity contribution in [3.63, 3.8) is 0 Å². The van der Waals surface area contributed by atoms with E-state index in [1.54, 1.807) is 31.2 Å². The summed E-state index contributed by atoms with van der Waals surface area (Å²) < 4.78 is 6.48. The molecule has 2 aliphatic rings. The SMILES string of the molecule is CCOC(=O)Cn1c2c(sc1=O)[C@H](c1ccc(N(CC)CC)cc1)C1C(=O)N(c3ccccc3)C(=O)C1S2. The monoisotopic (exact) mass is 551 g/mol. The molecule has 5 rings (SSSR count). The van der Waals surface area contributed by atoms with E-state index >= 15 is 0 Å². The van der Waals surface area contributed by atoms with Crippen molar-refractivity contribution in [3.8, 4) is 0 Å². The molecule has 10 heteroatoms. The van der Waals surface area contributed by atoms with Gasteiger partial charge in [0.05, 0.1) is 23.2 Å². The second kappa shape index (κ2) is 10.8. The van der Waals surface area contributed by atoms with Crippen LogP contribution in [0, 0.1) is 5.92 Å². The average Bonchev–Trinajstić information content (AvgIpc) is 3.36. The van der Waals surface area contributed by atoms with Crippen LogP contribution in [0.15, 0.2) is 64.4 Å². The van der Waals surface area contributed by atoms with Crippen LogP contribution in [0.3, 0.4) is 0 Å². The molecule has 8 nitrogen and oxygen atoms in total. The number of ether oxygens (including phenoxy) is 1. The zero-order chi connectivity index (χ0) is 27.0. The third-order valence-electron chi connectivity index (χ3n) is 7.04. The summed E-state index contributed by atoms with van der Waals surface area (Å²) in [5, 5.41) is -0.159. The molecule has 1 fully saturated rings. The molecule has 0 spiro atoms. The molecule has 2 aliphatic heterocycles. The Morgan fingerprint density at radius 1 is 0.947 bits per heavy atom. The van der Waals surface area contributed by atoms with Crippen LogP contribution in [0.1, 0.15) is 37.1 Å². The lowest BCUT2D eigenvalue weighted by atomic mass is 9.83. The van der Waals surface area contributed by atoms with Gasteiger partial charge in [-0.3, -0.25) is 23.7 Å². The molecule has 2 aromatic carbocycles. The van der Waals surface area contributed by atoms with Gasteiger partial charge >= 0.3 is 10.8 Å². The largest absolute Gasteiger partial charge is 0.465 e. The highest BCUT2D eigenvalue weighted by Crippen LogP contribution is 2.54. The van der Waals surface area contributed by atoms with E-state index in [9.17, 15) is 19.2 Å². The molecule has 38 heavy (non-hydrogen) atoms. The number of aromatic nitrogens is 1. The molecule has 0 radical (unpaired) electrons. The Bertz CT molecular complexity index is 1410. The first-order valence-corrected chi connectivity index (χ1v) is 14.4. The van der Waals surface area contributed by atoms with Gasteiger partial charge in [-0.25, -0.2) is 4.90 Å². The second-order valence-corrected chi connectivity index (χ2v) is 11.2. The van der Waals surface area contributed by atoms with E-state index in [-0.39, 0.29) is 29.8 Å². The number of rotatable bonds is 8. The minimum atomic E-state index is -0.717. The van der Waals surface area contributed by atoms with Crippen molar-refractivity contribution < 1.29 is 19.1 Å². The van der Waals surface area contributed by atoms with Crippen molar-refractivity contribution in [3.05, 3.63) is 74.7 Å². The maximum absolute atomic E-state index is 13.9. The predicted octanol–water partition coefficient (Wildman–Crippen LogP) is 4.11. The quantitative estimate of drug-likeness (QED) is 0.307. The van der Waals surface area contributed by atoms with Gasteiger partial charge < -0.3 is 9.64 Å². The minimum absolute atomic E-state index is 0.207. The van der Waals surface area contributed by atoms with E-state index in [1.165, 1.54) is 21.2 Å². The van der Waals surface area contributed by atoms with Crippen LogP contribution in [-0.4, -0.2) is 47.3 Å². The lowest BCUT2D eigenvalue weighted by Gasteiger charge is -2.31. The van der Waals surface area contributed by atoms with Gasteiger partial charge in [0.25, 0.3) is 0 Å². The molecular formula is C28H29N3O5S2. The summed E-state index contributed by atoms with van der Waals surface area (Å²) in [6.07, 6.45) is 0. The van der Waals surface area contributed by atoms with Crippen LogP contribution in [-0.2, 0) is 25.7 Å². The van der Waals surface area contributed by atoms with Crippen LogP contribution >= 0.6 is 23.1 Å². The number of hydrogen-bond acceptors (Lipinski definition) is 8. The first-order valence-electron chi connectivity index (χ1n) is 12.7. The van der Waals surface area contributed by atoms with Gasteiger partial charge in [0.1, 0.15) is 11.8 Å². The lowest BCUT2D eigenvalue weighted by Crippen LogP contribution is -2.32. The molecule has 0 saturated carbocycles. The van der Waals surface area contributed by atoms with Crippen molar-refractivity contribution >= 4 is 52.3 Å². The van der Waals surface area contributed by atoms with Gasteiger partial charge in [-0.1, -0.05) is 53.4 Å². The summed E-state index contributed by atoms with van der Waals surface area (Å²) in [7, 11) is 0. The van der Waals surface area contributed by atoms with E-state index in [0.717, 1.165) is 35.7 Å². The fraction of sp³-hybridized carbons (Fsp3) is 0.357. The molecule has 0 N–H and O–H groups in total. The molecule has 2 unspecified atom stereocenters. The molecule has 3 atom stereocenters. The van der Waals surface area contributed by atoms with Crippen molar-refractivity contribution in [2.24, 2.45) is 5.92 Å². The summed E-state index contributed by atoms with van der Waals surface area (Å²) in [4.78, 5) is 56.9. The predicted molar refractivity (Wildman–Crippen MR) is 149 cm³/mol. The Balaban J connectivity index is 1.62. The van der Waals surface area contributed by atoms with E-state index in [4.69, 9.17) is 4.74 Å². The number of benzene rings is 2. The summed E-state index contributed by atoms with van der Waals surface area (Å²) in [6.45, 7) is 7.60. The zero-order valence-electron chi connectivity index (χ0n) is 21.5. The summed E-state index contributed by atoms with van der Waals surface area (Å²) in [5.74, 6) is -2.27. The maximum Gasteiger partial charge on any atom is 0.326 e. The second-order valence-electron chi connectivity index (χ2n) is 9.08. The minimum Gasteiger partial charge on any atom is -0.465 e. The molecule has 1 aromatic heterocycles. The Labute approximate surface area is 229 Å². The highest BCUT2D eigenvalue weighted by atomic mass is 32.2. The molecule has 2 amide bonds. The standard InChI is InChI=1S/C28H29N3O5S2/c1-4-29(5-2)18-14-12-17(13-15-18)21-22-23(26(34)31(25(22)33)19-10-8-7-9-11-19)37-27-24(21)38-28(35)30(27)16-20(32)36-6-3/h7-15,21-23H,4-6,16H2,1-3H3/t21-,22?,23?/m1/s1. The number of imide groups is 1. The van der Waals surface area contributed by atoms with Crippen LogP contribution in [0.25, 0.3) is 0 Å². The van der Waals surface area contributed by atoms with Crippen LogP contribution in [0.2, 0.25) is 0 Å². The summed E-state index contributed by atoms with van der Waals surface area (Å²) >= 11 is 2.24. The summed E-state index contributed by atoms with van der Waals surface area (Å²) in [5.41, 5.74) is 2.45. The molecule has 198 valence electrons. The Hall–Kier alpha value is -3.37. The average molecular weight is 552 g/mol. The first kappa shape index (κ1) is 26.2. The molecule has 0 bridgehead atoms. The van der Waals surface area contributed by atoms with E-state index < -0.39 is 23.1 Å². The molecular weight excluding hydrogens is 522 g/mol. The molecule has 1 saturated heterocycles. The van der Waals surface area contributed by atoms with E-state index in [2.05, 4.69) is 18.7 Å². The molecule has 3 aromatic rings. The smallest absolute Gasteiger partial charge is 0.326 e. The highest BCUT2D eigenvalue weighted by molar-refractivity contribution is 8.00. The number of nitrogens with zero attached hydrogens (tertiary/aromatic N) is 3. The topological polar surface area (TPSA) is 88.9 Å². The number of esters is 1. The number of carbonyl (C=O) groups excluding carboxylic acids is 3. The van der Waals surface area contributed by atoms with Gasteiger partial charge in [0, 0.05) is 29.6 Å². The Kier molecular flexibility index (Phi) is 7.45. The fourth-order valence-electron chi connectivity index (χ4n) is 5.26. The highest BCUT2D eigenvalue weighted by Gasteiger charge is 2.56. The fourth-order valence-corrected chi connectivity index (χ4v) is 8.04. The first-order chi connectivity index (χ1) is 18.4. The van der Waals surface area contributed by atoms with Gasteiger partial charge in [0.15, 0.2) is 0 Å². The van der Waals surface area contributed by atoms with E-state index in [0.29, 0.717) is 15.6 Å². The van der Waals surface area contributed by atoms with E-state index in [1.807, 2.05) is 30.3 Å². The van der Waals surface area contributed by atoms with Crippen molar-refractivity contribution in [1.29, 1.82) is 0 Å². The van der Waals surface area contributed by atoms with Gasteiger partial charge in [-0.05, 0) is 50.6 Å². The normalized spacial score (nSPS) is 20.3. The number of carbonyl (C=O) groups is 3. The van der Waals surface area contributed by atoms with Crippen molar-refractivity contribution in [2.75, 3.05) is 29.5 Å². The number of para-hydroxylation sites is 1. The lowest BCUT2D eigenvalue weighted by molar-refractivity contribution is -0.144. The van der Waals surface area contributed by atoms with Crippen LogP contribution in [0.5, 0.6) is 0 Å². The number of amides is 2. The zero-order valence-corrected chi connectivity index (χ0v) is 23.1. The third kappa shape index (κ3) is 4.45. The Morgan fingerprint density at radius 2 is 1.63 bits per heavy atom. The number of hydrogen-bond donors (Lipinski definition) is 0. The maximum atomic E-state index is 13.9. The van der Waals surface area contributed by atoms with Crippen molar-refractivity contribution in [1.82, 2.24) is 4.57 Å². The van der Waals surface area contributed by atoms with Gasteiger partial charge in [-0.2, -0.15) is 0 Å². The molecule has 3 heterocycles. The number of thioether (sulfide) groups is 1. The summed E-state index contributed by atoms with van der Waals surface area (Å²) in [6, 6.07) is 16.9. The number of fused-ring (bicyclic) bond motifs is 2. The van der Waals surface area contributed by atoms with Gasteiger partial charge in [-0.15, -0.1) is 0 Å². The van der Waals surface area contributed by atoms with Crippen LogP contribution in [0.4, 0.5) is 11.4 Å². The molecule has 0 aliphatic carbocycles. The van der Waals surface area contributed by atoms with Crippen LogP contribution < -0.4 is 14.7 Å². The number of anilines is 2. The third-order valence-corrected chi connectivity index (χ3v) is 9.64. The Morgan fingerprint density at radius 3 is 2.26 bits per heavy atom. The van der Waals surface area contributed by atoms with Gasteiger partial charge in [0.2, 0.25) is 11.8 Å². The van der Waals surface area contributed by atoms with Crippen molar-refractivity contribution in [2.45, 2.75) is 43.5 Å². The number of thiazole rings is 1.